The molecule has 112 valence electrons. The highest BCUT2D eigenvalue weighted by molar-refractivity contribution is 6.31. The van der Waals surface area contributed by atoms with E-state index in [0.717, 1.165) is 31.7 Å². The maximum Gasteiger partial charge on any atom is 0.124 e. The Bertz CT molecular complexity index is 455. The van der Waals surface area contributed by atoms with Crippen LogP contribution in [-0.4, -0.2) is 48.6 Å². The summed E-state index contributed by atoms with van der Waals surface area (Å²) in [5.74, 6) is -0.307. The summed E-state index contributed by atoms with van der Waals surface area (Å²) in [6, 6.07) is 5.14. The molecule has 0 amide bonds. The standard InChI is InChI=1S/C15H23ClFN3/c1-3-19-6-7-20(10-11(19)2)15(9-18)13-5-4-12(17)8-14(13)16/h4-5,8,11,15H,3,6-7,9-10,18H2,1-2H3. The average molecular weight is 300 g/mol. The average Bonchev–Trinajstić information content (AvgIpc) is 2.42. The van der Waals surface area contributed by atoms with E-state index >= 15 is 0 Å². The molecule has 1 heterocycles. The van der Waals surface area contributed by atoms with Gasteiger partial charge in [0, 0.05) is 43.3 Å². The van der Waals surface area contributed by atoms with Crippen molar-refractivity contribution < 1.29 is 4.39 Å². The van der Waals surface area contributed by atoms with Crippen molar-refractivity contribution in [1.82, 2.24) is 9.80 Å². The largest absolute Gasteiger partial charge is 0.329 e. The Hall–Kier alpha value is -0.680. The quantitative estimate of drug-likeness (QED) is 0.927. The lowest BCUT2D eigenvalue weighted by Gasteiger charge is -2.43. The van der Waals surface area contributed by atoms with E-state index in [1.807, 2.05) is 0 Å². The van der Waals surface area contributed by atoms with E-state index in [9.17, 15) is 4.39 Å². The summed E-state index contributed by atoms with van der Waals surface area (Å²) in [5.41, 5.74) is 6.87. The second kappa shape index (κ2) is 6.85. The van der Waals surface area contributed by atoms with Crippen molar-refractivity contribution in [3.8, 4) is 0 Å². The Kier molecular flexibility index (Phi) is 5.38. The second-order valence-corrected chi connectivity index (χ2v) is 5.80. The summed E-state index contributed by atoms with van der Waals surface area (Å²) in [6.45, 7) is 8.94. The molecule has 1 saturated heterocycles. The fourth-order valence-corrected chi connectivity index (χ4v) is 3.31. The van der Waals surface area contributed by atoms with E-state index < -0.39 is 0 Å². The first-order chi connectivity index (χ1) is 9.56. The van der Waals surface area contributed by atoms with Gasteiger partial charge in [-0.2, -0.15) is 0 Å². The van der Waals surface area contributed by atoms with Crippen LogP contribution in [0.15, 0.2) is 18.2 Å². The number of benzene rings is 1. The van der Waals surface area contributed by atoms with Gasteiger partial charge in [-0.1, -0.05) is 24.6 Å². The summed E-state index contributed by atoms with van der Waals surface area (Å²) < 4.78 is 13.2. The smallest absolute Gasteiger partial charge is 0.124 e. The summed E-state index contributed by atoms with van der Waals surface area (Å²) in [5, 5.41) is 0.464. The summed E-state index contributed by atoms with van der Waals surface area (Å²) in [7, 11) is 0. The molecular weight excluding hydrogens is 277 g/mol. The van der Waals surface area contributed by atoms with Gasteiger partial charge in [0.25, 0.3) is 0 Å². The lowest BCUT2D eigenvalue weighted by Crippen LogP contribution is -2.53. The zero-order valence-corrected chi connectivity index (χ0v) is 12.9. The Morgan fingerprint density at radius 2 is 2.20 bits per heavy atom. The van der Waals surface area contributed by atoms with Crippen LogP contribution < -0.4 is 5.73 Å². The van der Waals surface area contributed by atoms with Crippen molar-refractivity contribution in [2.45, 2.75) is 25.9 Å². The van der Waals surface area contributed by atoms with Crippen LogP contribution >= 0.6 is 11.6 Å². The maximum absolute atomic E-state index is 13.2. The molecule has 20 heavy (non-hydrogen) atoms. The lowest BCUT2D eigenvalue weighted by atomic mass is 10.0. The monoisotopic (exact) mass is 299 g/mol. The van der Waals surface area contributed by atoms with Crippen molar-refractivity contribution in [3.63, 3.8) is 0 Å². The number of piperazine rings is 1. The van der Waals surface area contributed by atoms with Gasteiger partial charge in [-0.25, -0.2) is 4.39 Å². The summed E-state index contributed by atoms with van der Waals surface area (Å²) in [6.07, 6.45) is 0. The molecule has 0 spiro atoms. The molecule has 0 aromatic heterocycles. The molecule has 0 bridgehead atoms. The number of nitrogens with two attached hydrogens (primary N) is 1. The van der Waals surface area contributed by atoms with Gasteiger partial charge >= 0.3 is 0 Å². The predicted octanol–water partition coefficient (Wildman–Crippen LogP) is 2.50. The van der Waals surface area contributed by atoms with Crippen LogP contribution in [0, 0.1) is 5.82 Å². The third-order valence-electron chi connectivity index (χ3n) is 4.19. The van der Waals surface area contributed by atoms with Crippen molar-refractivity contribution in [2.24, 2.45) is 5.73 Å². The maximum atomic E-state index is 13.2. The Labute approximate surface area is 125 Å². The van der Waals surface area contributed by atoms with Gasteiger partial charge in [-0.05, 0) is 31.2 Å². The first kappa shape index (κ1) is 15.7. The minimum atomic E-state index is -0.307. The van der Waals surface area contributed by atoms with Crippen LogP contribution in [0.4, 0.5) is 4.39 Å². The van der Waals surface area contributed by atoms with E-state index in [2.05, 4.69) is 23.6 Å². The molecule has 1 aromatic carbocycles. The van der Waals surface area contributed by atoms with Gasteiger partial charge in [0.2, 0.25) is 0 Å². The number of nitrogens with zero attached hydrogens (tertiary/aromatic N) is 2. The molecule has 1 aliphatic rings. The van der Waals surface area contributed by atoms with Crippen molar-refractivity contribution in [2.75, 3.05) is 32.7 Å². The fraction of sp³-hybridized carbons (Fsp3) is 0.600. The molecule has 2 N–H and O–H groups in total. The first-order valence-corrected chi connectivity index (χ1v) is 7.57. The molecule has 3 nitrogen and oxygen atoms in total. The second-order valence-electron chi connectivity index (χ2n) is 5.39. The Morgan fingerprint density at radius 1 is 1.45 bits per heavy atom. The topological polar surface area (TPSA) is 32.5 Å². The normalized spacial score (nSPS) is 22.9. The highest BCUT2D eigenvalue weighted by atomic mass is 35.5. The zero-order chi connectivity index (χ0) is 14.7. The van der Waals surface area contributed by atoms with Crippen LogP contribution in [0.3, 0.4) is 0 Å². The number of hydrogen-bond acceptors (Lipinski definition) is 3. The van der Waals surface area contributed by atoms with Crippen LogP contribution in [0.5, 0.6) is 0 Å². The number of hydrogen-bond donors (Lipinski definition) is 1. The van der Waals surface area contributed by atoms with Crippen molar-refractivity contribution in [1.29, 1.82) is 0 Å². The van der Waals surface area contributed by atoms with E-state index in [1.165, 1.54) is 12.1 Å². The van der Waals surface area contributed by atoms with Gasteiger partial charge < -0.3 is 5.73 Å². The number of rotatable bonds is 4. The summed E-state index contributed by atoms with van der Waals surface area (Å²) >= 11 is 6.18. The fourth-order valence-electron chi connectivity index (χ4n) is 3.02. The zero-order valence-electron chi connectivity index (χ0n) is 12.1. The van der Waals surface area contributed by atoms with Crippen molar-refractivity contribution in [3.05, 3.63) is 34.6 Å². The SMILES string of the molecule is CCN1CCN(C(CN)c2ccc(F)cc2Cl)CC1C. The minimum absolute atomic E-state index is 0.0598. The van der Waals surface area contributed by atoms with E-state index in [4.69, 9.17) is 17.3 Å². The molecule has 1 aliphatic heterocycles. The molecule has 2 rings (SSSR count). The van der Waals surface area contributed by atoms with Crippen LogP contribution in [0.25, 0.3) is 0 Å². The molecule has 0 radical (unpaired) electrons. The highest BCUT2D eigenvalue weighted by Gasteiger charge is 2.28. The Morgan fingerprint density at radius 3 is 2.75 bits per heavy atom. The molecule has 0 aliphatic carbocycles. The van der Waals surface area contributed by atoms with Gasteiger partial charge in [-0.15, -0.1) is 0 Å². The van der Waals surface area contributed by atoms with Crippen LogP contribution in [0.2, 0.25) is 5.02 Å². The molecule has 0 saturated carbocycles. The molecular formula is C15H23ClFN3. The number of likely N-dealkylation sites (N-methyl/N-ethyl adjacent to an activating group) is 1. The van der Waals surface area contributed by atoms with E-state index in [-0.39, 0.29) is 11.9 Å². The molecule has 1 aromatic rings. The Balaban J connectivity index is 2.16. The van der Waals surface area contributed by atoms with Crippen LogP contribution in [0.1, 0.15) is 25.5 Å². The van der Waals surface area contributed by atoms with Crippen molar-refractivity contribution >= 4 is 11.6 Å². The minimum Gasteiger partial charge on any atom is -0.329 e. The predicted molar refractivity (Wildman–Crippen MR) is 81.5 cm³/mol. The van der Waals surface area contributed by atoms with Gasteiger partial charge in [0.15, 0.2) is 0 Å². The molecule has 5 heteroatoms. The molecule has 1 fully saturated rings. The van der Waals surface area contributed by atoms with Gasteiger partial charge in [0.05, 0.1) is 0 Å². The third kappa shape index (κ3) is 3.31. The van der Waals surface area contributed by atoms with Crippen LogP contribution in [-0.2, 0) is 0 Å². The lowest BCUT2D eigenvalue weighted by molar-refractivity contribution is 0.0607. The van der Waals surface area contributed by atoms with E-state index in [1.54, 1.807) is 6.07 Å². The third-order valence-corrected chi connectivity index (χ3v) is 4.52. The van der Waals surface area contributed by atoms with E-state index in [0.29, 0.717) is 17.6 Å². The summed E-state index contributed by atoms with van der Waals surface area (Å²) in [4.78, 5) is 4.81. The number of halogens is 2. The van der Waals surface area contributed by atoms with Gasteiger partial charge in [-0.3, -0.25) is 9.80 Å². The highest BCUT2D eigenvalue weighted by Crippen LogP contribution is 2.29. The molecule has 2 atom stereocenters. The van der Waals surface area contributed by atoms with Gasteiger partial charge in [0.1, 0.15) is 5.82 Å². The molecule has 2 unspecified atom stereocenters. The first-order valence-electron chi connectivity index (χ1n) is 7.20.